The Labute approximate surface area is 159 Å². The maximum atomic E-state index is 13.4. The molecule has 0 fully saturated rings. The van der Waals surface area contributed by atoms with E-state index in [-0.39, 0.29) is 5.82 Å². The van der Waals surface area contributed by atoms with Crippen LogP contribution in [0.2, 0.25) is 0 Å². The number of rotatable bonds is 4. The molecule has 4 heterocycles. The Morgan fingerprint density at radius 1 is 1.04 bits per heavy atom. The van der Waals surface area contributed by atoms with Gasteiger partial charge in [0.15, 0.2) is 5.65 Å². The number of nitrogens with one attached hydrogen (secondary N) is 1. The minimum Gasteiger partial charge on any atom is -0.344 e. The Hall–Kier alpha value is -3.87. The van der Waals surface area contributed by atoms with Gasteiger partial charge in [-0.1, -0.05) is 12.1 Å². The van der Waals surface area contributed by atoms with Gasteiger partial charge >= 0.3 is 0 Å². The van der Waals surface area contributed by atoms with E-state index in [4.69, 9.17) is 4.98 Å². The molecule has 136 valence electrons. The summed E-state index contributed by atoms with van der Waals surface area (Å²) in [6.45, 7) is 0.494. The molecule has 0 spiro atoms. The maximum Gasteiger partial charge on any atom is 0.156 e. The predicted molar refractivity (Wildman–Crippen MR) is 104 cm³/mol. The first-order valence-corrected chi connectivity index (χ1v) is 8.78. The molecule has 0 saturated heterocycles. The molecule has 0 saturated carbocycles. The van der Waals surface area contributed by atoms with Crippen LogP contribution in [0.5, 0.6) is 0 Å². The molecule has 5 aromatic rings. The summed E-state index contributed by atoms with van der Waals surface area (Å²) in [5.74, 6) is -0.250. The summed E-state index contributed by atoms with van der Waals surface area (Å²) < 4.78 is 15.2. The van der Waals surface area contributed by atoms with Crippen LogP contribution in [0.15, 0.2) is 73.6 Å². The van der Waals surface area contributed by atoms with E-state index in [1.165, 1.54) is 12.1 Å². The first kappa shape index (κ1) is 16.3. The number of H-pyrrole nitrogens is 1. The van der Waals surface area contributed by atoms with Gasteiger partial charge < -0.3 is 4.98 Å². The molecule has 1 N–H and O–H groups in total. The molecule has 0 atom stereocenters. The Bertz CT molecular complexity index is 1260. The van der Waals surface area contributed by atoms with E-state index < -0.39 is 0 Å². The smallest absolute Gasteiger partial charge is 0.156 e. The number of hydrogen-bond acceptors (Lipinski definition) is 4. The molecule has 0 unspecified atom stereocenters. The van der Waals surface area contributed by atoms with Gasteiger partial charge in [0.25, 0.3) is 0 Å². The summed E-state index contributed by atoms with van der Waals surface area (Å²) in [6, 6.07) is 10.3. The number of hydrogen-bond donors (Lipinski definition) is 1. The van der Waals surface area contributed by atoms with Crippen molar-refractivity contribution >= 4 is 11.2 Å². The molecular weight excluding hydrogens is 355 g/mol. The second kappa shape index (κ2) is 6.70. The van der Waals surface area contributed by atoms with Crippen molar-refractivity contribution in [2.45, 2.75) is 6.54 Å². The highest BCUT2D eigenvalue weighted by Gasteiger charge is 2.12. The fourth-order valence-electron chi connectivity index (χ4n) is 3.18. The van der Waals surface area contributed by atoms with Gasteiger partial charge in [0.2, 0.25) is 0 Å². The number of aromatic amines is 1. The van der Waals surface area contributed by atoms with E-state index in [0.29, 0.717) is 12.2 Å². The van der Waals surface area contributed by atoms with Crippen molar-refractivity contribution in [3.05, 3.63) is 85.0 Å². The molecule has 0 bridgehead atoms. The van der Waals surface area contributed by atoms with Crippen LogP contribution in [-0.2, 0) is 6.54 Å². The summed E-state index contributed by atoms with van der Waals surface area (Å²) in [7, 11) is 0. The zero-order valence-electron chi connectivity index (χ0n) is 14.7. The van der Waals surface area contributed by atoms with Gasteiger partial charge in [-0.05, 0) is 29.8 Å². The third-order valence-electron chi connectivity index (χ3n) is 4.53. The molecule has 0 radical (unpaired) electrons. The van der Waals surface area contributed by atoms with Gasteiger partial charge in [0.1, 0.15) is 11.3 Å². The highest BCUT2D eigenvalue weighted by Crippen LogP contribution is 2.28. The number of aromatic nitrogens is 6. The van der Waals surface area contributed by atoms with Crippen LogP contribution in [-0.4, -0.2) is 29.7 Å². The topological polar surface area (TPSA) is 72.3 Å². The van der Waals surface area contributed by atoms with Crippen molar-refractivity contribution in [1.82, 2.24) is 29.7 Å². The average Bonchev–Trinajstić information content (AvgIpc) is 3.35. The molecule has 4 aromatic heterocycles. The number of benzene rings is 1. The van der Waals surface area contributed by atoms with E-state index in [2.05, 4.69) is 20.1 Å². The van der Waals surface area contributed by atoms with Crippen molar-refractivity contribution in [2.24, 2.45) is 0 Å². The Kier molecular flexibility index (Phi) is 3.90. The Morgan fingerprint density at radius 2 is 1.93 bits per heavy atom. The molecule has 7 heteroatoms. The SMILES string of the molecule is Fc1cccc(Cn2cc(-c3c[nH]c4ncc(-c5ccncc5)nc34)cn2)c1. The van der Waals surface area contributed by atoms with E-state index in [9.17, 15) is 4.39 Å². The second-order valence-corrected chi connectivity index (χ2v) is 6.45. The third-order valence-corrected chi connectivity index (χ3v) is 4.53. The fourth-order valence-corrected chi connectivity index (χ4v) is 3.18. The van der Waals surface area contributed by atoms with Crippen LogP contribution in [0.3, 0.4) is 0 Å². The van der Waals surface area contributed by atoms with Crippen LogP contribution >= 0.6 is 0 Å². The molecule has 5 rings (SSSR count). The monoisotopic (exact) mass is 370 g/mol. The minimum absolute atomic E-state index is 0.250. The second-order valence-electron chi connectivity index (χ2n) is 6.45. The Morgan fingerprint density at radius 3 is 2.79 bits per heavy atom. The quantitative estimate of drug-likeness (QED) is 0.518. The van der Waals surface area contributed by atoms with Crippen LogP contribution < -0.4 is 0 Å². The van der Waals surface area contributed by atoms with Crippen molar-refractivity contribution < 1.29 is 4.39 Å². The lowest BCUT2D eigenvalue weighted by molar-refractivity contribution is 0.619. The number of nitrogens with zero attached hydrogens (tertiary/aromatic N) is 5. The highest BCUT2D eigenvalue weighted by molar-refractivity contribution is 5.91. The van der Waals surface area contributed by atoms with Crippen molar-refractivity contribution in [3.8, 4) is 22.4 Å². The van der Waals surface area contributed by atoms with Crippen LogP contribution in [0, 0.1) is 5.82 Å². The lowest BCUT2D eigenvalue weighted by Crippen LogP contribution is -1.99. The van der Waals surface area contributed by atoms with Crippen molar-refractivity contribution in [2.75, 3.05) is 0 Å². The van der Waals surface area contributed by atoms with Crippen molar-refractivity contribution in [3.63, 3.8) is 0 Å². The van der Waals surface area contributed by atoms with Gasteiger partial charge in [-0.25, -0.2) is 14.4 Å². The number of fused-ring (bicyclic) bond motifs is 1. The van der Waals surface area contributed by atoms with Gasteiger partial charge in [-0.15, -0.1) is 0 Å². The summed E-state index contributed by atoms with van der Waals surface area (Å²) >= 11 is 0. The maximum absolute atomic E-state index is 13.4. The van der Waals surface area contributed by atoms with Gasteiger partial charge in [0.05, 0.1) is 24.6 Å². The normalized spacial score (nSPS) is 11.2. The molecule has 0 amide bonds. The molecular formula is C21H15FN6. The number of halogens is 1. The summed E-state index contributed by atoms with van der Waals surface area (Å²) in [5.41, 5.74) is 5.92. The molecule has 0 aliphatic carbocycles. The van der Waals surface area contributed by atoms with E-state index in [1.54, 1.807) is 35.5 Å². The molecule has 1 aromatic carbocycles. The van der Waals surface area contributed by atoms with E-state index in [1.807, 2.05) is 30.6 Å². The summed E-state index contributed by atoms with van der Waals surface area (Å²) in [5, 5.41) is 4.41. The highest BCUT2D eigenvalue weighted by atomic mass is 19.1. The lowest BCUT2D eigenvalue weighted by Gasteiger charge is -2.02. The molecule has 0 aliphatic heterocycles. The van der Waals surface area contributed by atoms with Gasteiger partial charge in [-0.2, -0.15) is 5.10 Å². The predicted octanol–water partition coefficient (Wildman–Crippen LogP) is 4.07. The largest absolute Gasteiger partial charge is 0.344 e. The van der Waals surface area contributed by atoms with Crippen LogP contribution in [0.4, 0.5) is 4.39 Å². The van der Waals surface area contributed by atoms with E-state index in [0.717, 1.165) is 33.5 Å². The first-order valence-electron chi connectivity index (χ1n) is 8.78. The summed E-state index contributed by atoms with van der Waals surface area (Å²) in [6.07, 6.45) is 10.8. The van der Waals surface area contributed by atoms with Crippen LogP contribution in [0.25, 0.3) is 33.5 Å². The summed E-state index contributed by atoms with van der Waals surface area (Å²) in [4.78, 5) is 16.5. The minimum atomic E-state index is -0.250. The van der Waals surface area contributed by atoms with E-state index >= 15 is 0 Å². The molecule has 0 aliphatic rings. The first-order chi connectivity index (χ1) is 13.8. The molecule has 6 nitrogen and oxygen atoms in total. The average molecular weight is 370 g/mol. The zero-order chi connectivity index (χ0) is 18.9. The third kappa shape index (κ3) is 3.03. The lowest BCUT2D eigenvalue weighted by atomic mass is 10.1. The standard InChI is InChI=1S/C21H15FN6/c22-17-3-1-2-14(8-17)12-28-13-16(9-26-28)18-10-24-21-20(18)27-19(11-25-21)15-4-6-23-7-5-15/h1-11,13H,12H2,(H,24,25). The fraction of sp³-hybridized carbons (Fsp3) is 0.0476. The molecule has 28 heavy (non-hydrogen) atoms. The number of pyridine rings is 1. The van der Waals surface area contributed by atoms with Crippen LogP contribution in [0.1, 0.15) is 5.56 Å². The zero-order valence-corrected chi connectivity index (χ0v) is 14.7. The Balaban J connectivity index is 1.50. The van der Waals surface area contributed by atoms with Gasteiger partial charge in [-0.3, -0.25) is 9.67 Å². The van der Waals surface area contributed by atoms with Gasteiger partial charge in [0, 0.05) is 41.5 Å². The van der Waals surface area contributed by atoms with Crippen molar-refractivity contribution in [1.29, 1.82) is 0 Å².